The molecule has 1 aliphatic heterocycles. The Bertz CT molecular complexity index is 1530. The van der Waals surface area contributed by atoms with Gasteiger partial charge in [0.1, 0.15) is 45.1 Å². The summed E-state index contributed by atoms with van der Waals surface area (Å²) in [6, 6.07) is 6.49. The Morgan fingerprint density at radius 3 is 2.62 bits per heavy atom. The first-order valence-electron chi connectivity index (χ1n) is 10.1. The molecule has 0 saturated heterocycles. The van der Waals surface area contributed by atoms with Gasteiger partial charge in [0.2, 0.25) is 10.0 Å². The zero-order valence-electron chi connectivity index (χ0n) is 17.7. The zero-order valence-corrected chi connectivity index (χ0v) is 19.3. The third-order valence-corrected chi connectivity index (χ3v) is 8.53. The number of nitrogens with one attached hydrogen (secondary N) is 1. The molecule has 0 unspecified atom stereocenters. The van der Waals surface area contributed by atoms with Gasteiger partial charge < -0.3 is 10.1 Å². The second kappa shape index (κ2) is 8.53. The first-order valence-corrected chi connectivity index (χ1v) is 12.3. The molecule has 0 amide bonds. The van der Waals surface area contributed by atoms with Crippen molar-refractivity contribution in [3.63, 3.8) is 0 Å². The van der Waals surface area contributed by atoms with E-state index >= 15 is 0 Å². The molecule has 4 aromatic rings. The van der Waals surface area contributed by atoms with E-state index in [2.05, 4.69) is 15.3 Å². The molecule has 12 heteroatoms. The van der Waals surface area contributed by atoms with Crippen LogP contribution in [0.5, 0.6) is 5.75 Å². The van der Waals surface area contributed by atoms with Crippen LogP contribution < -0.4 is 10.1 Å². The van der Waals surface area contributed by atoms with Crippen LogP contribution in [0.15, 0.2) is 47.6 Å². The van der Waals surface area contributed by atoms with Crippen LogP contribution >= 0.6 is 11.3 Å². The quantitative estimate of drug-likeness (QED) is 0.426. The Morgan fingerprint density at radius 2 is 1.85 bits per heavy atom. The summed E-state index contributed by atoms with van der Waals surface area (Å²) in [5.41, 5.74) is 1.39. The SMILES string of the molecule is COc1cc(F)ccc1Nc1ncnc2sc3c(c12)CCN(S(=O)(=O)c1ccc(F)cc1F)C3. The maximum atomic E-state index is 14.2. The van der Waals surface area contributed by atoms with Gasteiger partial charge in [-0.3, -0.25) is 0 Å². The molecule has 0 saturated carbocycles. The summed E-state index contributed by atoms with van der Waals surface area (Å²) in [6.07, 6.45) is 1.73. The molecule has 0 aliphatic carbocycles. The fraction of sp³-hybridized carbons (Fsp3) is 0.182. The molecule has 3 heterocycles. The Balaban J connectivity index is 1.51. The molecule has 2 aromatic carbocycles. The molecule has 34 heavy (non-hydrogen) atoms. The third-order valence-electron chi connectivity index (χ3n) is 5.53. The summed E-state index contributed by atoms with van der Waals surface area (Å²) in [5, 5.41) is 3.89. The van der Waals surface area contributed by atoms with Gasteiger partial charge in [-0.25, -0.2) is 31.6 Å². The molecule has 0 spiro atoms. The van der Waals surface area contributed by atoms with Gasteiger partial charge in [0.25, 0.3) is 0 Å². The number of halogens is 3. The van der Waals surface area contributed by atoms with Crippen molar-refractivity contribution >= 4 is 43.1 Å². The highest BCUT2D eigenvalue weighted by molar-refractivity contribution is 7.89. The number of hydrogen-bond donors (Lipinski definition) is 1. The molecule has 176 valence electrons. The number of nitrogens with zero attached hydrogens (tertiary/aromatic N) is 3. The number of thiophene rings is 1. The maximum Gasteiger partial charge on any atom is 0.246 e. The van der Waals surface area contributed by atoms with Gasteiger partial charge in [-0.05, 0) is 36.2 Å². The molecule has 0 atom stereocenters. The van der Waals surface area contributed by atoms with E-state index in [-0.39, 0.29) is 13.1 Å². The smallest absolute Gasteiger partial charge is 0.246 e. The Kier molecular flexibility index (Phi) is 5.66. The van der Waals surface area contributed by atoms with Crippen LogP contribution in [0, 0.1) is 17.5 Å². The van der Waals surface area contributed by atoms with Crippen molar-refractivity contribution in [2.75, 3.05) is 19.0 Å². The number of aromatic nitrogens is 2. The van der Waals surface area contributed by atoms with Crippen LogP contribution in [0.25, 0.3) is 10.2 Å². The van der Waals surface area contributed by atoms with Crippen LogP contribution in [-0.2, 0) is 23.0 Å². The van der Waals surface area contributed by atoms with E-state index in [9.17, 15) is 21.6 Å². The first-order chi connectivity index (χ1) is 16.3. The summed E-state index contributed by atoms with van der Waals surface area (Å²) < 4.78 is 73.5. The maximum absolute atomic E-state index is 14.2. The van der Waals surface area contributed by atoms with E-state index in [1.165, 1.54) is 47.3 Å². The minimum atomic E-state index is -4.17. The van der Waals surface area contributed by atoms with E-state index in [1.54, 1.807) is 0 Å². The fourth-order valence-electron chi connectivity index (χ4n) is 3.92. The van der Waals surface area contributed by atoms with Crippen molar-refractivity contribution in [2.45, 2.75) is 17.9 Å². The van der Waals surface area contributed by atoms with Gasteiger partial charge in [-0.2, -0.15) is 4.31 Å². The minimum Gasteiger partial charge on any atom is -0.494 e. The van der Waals surface area contributed by atoms with Crippen LogP contribution in [0.4, 0.5) is 24.7 Å². The average Bonchev–Trinajstić information content (AvgIpc) is 3.18. The minimum absolute atomic E-state index is 0.0226. The van der Waals surface area contributed by atoms with Crippen molar-refractivity contribution in [3.8, 4) is 5.75 Å². The lowest BCUT2D eigenvalue weighted by atomic mass is 10.1. The van der Waals surface area contributed by atoms with E-state index in [4.69, 9.17) is 4.74 Å². The number of fused-ring (bicyclic) bond motifs is 3. The van der Waals surface area contributed by atoms with E-state index < -0.39 is 32.4 Å². The van der Waals surface area contributed by atoms with Gasteiger partial charge in [-0.15, -0.1) is 11.3 Å². The highest BCUT2D eigenvalue weighted by Gasteiger charge is 2.33. The largest absolute Gasteiger partial charge is 0.494 e. The molecular weight excluding hydrogens is 489 g/mol. The average molecular weight is 507 g/mol. The molecule has 1 aliphatic rings. The molecule has 1 N–H and O–H groups in total. The molecule has 2 aromatic heterocycles. The summed E-state index contributed by atoms with van der Waals surface area (Å²) in [5.74, 6) is -1.64. The normalized spacial score (nSPS) is 14.2. The molecule has 0 fully saturated rings. The van der Waals surface area contributed by atoms with Gasteiger partial charge in [-0.1, -0.05) is 0 Å². The summed E-state index contributed by atoms with van der Waals surface area (Å²) in [4.78, 5) is 9.49. The van der Waals surface area contributed by atoms with Crippen molar-refractivity contribution in [3.05, 3.63) is 70.6 Å². The lowest BCUT2D eigenvalue weighted by Gasteiger charge is -2.26. The van der Waals surface area contributed by atoms with E-state index in [0.717, 1.165) is 28.0 Å². The second-order valence-electron chi connectivity index (χ2n) is 7.54. The van der Waals surface area contributed by atoms with Crippen LogP contribution in [-0.4, -0.2) is 36.3 Å². The highest BCUT2D eigenvalue weighted by atomic mass is 32.2. The third kappa shape index (κ3) is 3.87. The van der Waals surface area contributed by atoms with Crippen LogP contribution in [0.3, 0.4) is 0 Å². The Labute approximate surface area is 196 Å². The number of hydrogen-bond acceptors (Lipinski definition) is 7. The van der Waals surface area contributed by atoms with Crippen molar-refractivity contribution in [1.82, 2.24) is 14.3 Å². The topological polar surface area (TPSA) is 84.4 Å². The lowest BCUT2D eigenvalue weighted by molar-refractivity contribution is 0.393. The number of benzene rings is 2. The van der Waals surface area contributed by atoms with E-state index in [0.29, 0.717) is 34.6 Å². The number of rotatable bonds is 5. The summed E-state index contributed by atoms with van der Waals surface area (Å²) in [6.45, 7) is 0.126. The molecule has 0 bridgehead atoms. The zero-order chi connectivity index (χ0) is 24.0. The monoisotopic (exact) mass is 506 g/mol. The summed E-state index contributed by atoms with van der Waals surface area (Å²) >= 11 is 1.32. The molecule has 0 radical (unpaired) electrons. The number of ether oxygens (including phenoxy) is 1. The standard InChI is InChI=1S/C22H17F3N4O3S2/c1-32-17-9-13(24)2-4-16(17)28-21-20-14-6-7-29(10-18(14)33-22(20)27-11-26-21)34(30,31)19-5-3-12(23)8-15(19)25/h2-5,8-9,11H,6-7,10H2,1H3,(H,26,27,28). The molecule has 7 nitrogen and oxygen atoms in total. The first kappa shape index (κ1) is 22.6. The predicted octanol–water partition coefficient (Wildman–Crippen LogP) is 4.61. The highest BCUT2D eigenvalue weighted by Crippen LogP contribution is 2.40. The lowest BCUT2D eigenvalue weighted by Crippen LogP contribution is -2.35. The van der Waals surface area contributed by atoms with Gasteiger partial charge in [0, 0.05) is 30.1 Å². The fourth-order valence-corrected chi connectivity index (χ4v) is 6.66. The number of methoxy groups -OCH3 is 1. The molecular formula is C22H17F3N4O3S2. The molecule has 5 rings (SSSR count). The van der Waals surface area contributed by atoms with Crippen LogP contribution in [0.2, 0.25) is 0 Å². The van der Waals surface area contributed by atoms with E-state index in [1.807, 2.05) is 0 Å². The van der Waals surface area contributed by atoms with Gasteiger partial charge >= 0.3 is 0 Å². The summed E-state index contributed by atoms with van der Waals surface area (Å²) in [7, 11) is -2.74. The van der Waals surface area contributed by atoms with Crippen molar-refractivity contribution in [1.29, 1.82) is 0 Å². The van der Waals surface area contributed by atoms with Crippen molar-refractivity contribution < 1.29 is 26.3 Å². The second-order valence-corrected chi connectivity index (χ2v) is 10.5. The van der Waals surface area contributed by atoms with Crippen LogP contribution in [0.1, 0.15) is 10.4 Å². The Morgan fingerprint density at radius 1 is 1.09 bits per heavy atom. The number of sulfonamides is 1. The predicted molar refractivity (Wildman–Crippen MR) is 121 cm³/mol. The van der Waals surface area contributed by atoms with Gasteiger partial charge in [0.05, 0.1) is 18.2 Å². The number of anilines is 2. The van der Waals surface area contributed by atoms with Gasteiger partial charge in [0.15, 0.2) is 0 Å². The Hall–Kier alpha value is -3.22. The van der Waals surface area contributed by atoms with Crippen molar-refractivity contribution in [2.24, 2.45) is 0 Å².